The molecule has 20 heavy (non-hydrogen) atoms. The van der Waals surface area contributed by atoms with Crippen LogP contribution in [-0.4, -0.2) is 23.0 Å². The minimum absolute atomic E-state index is 0.157. The van der Waals surface area contributed by atoms with Gasteiger partial charge in [-0.25, -0.2) is 4.39 Å². The van der Waals surface area contributed by atoms with Crippen LogP contribution >= 0.6 is 0 Å². The van der Waals surface area contributed by atoms with Gasteiger partial charge in [0.2, 0.25) is 0 Å². The summed E-state index contributed by atoms with van der Waals surface area (Å²) in [5.41, 5.74) is 3.99. The van der Waals surface area contributed by atoms with Crippen LogP contribution in [0.4, 0.5) is 4.39 Å². The van der Waals surface area contributed by atoms with Crippen LogP contribution in [0.5, 0.6) is 0 Å². The summed E-state index contributed by atoms with van der Waals surface area (Å²) in [6, 6.07) is 7.39. The standard InChI is InChI=1S/C17H19FN2/c1-13-8-15(4-5-17(13)18)16-9-14(10-19-11-16)12-20-6-2-3-7-20/h4-5,8-11H,2-3,6-7,12H2,1H3. The van der Waals surface area contributed by atoms with Crippen LogP contribution in [0.3, 0.4) is 0 Å². The van der Waals surface area contributed by atoms with Gasteiger partial charge in [0.15, 0.2) is 0 Å². The van der Waals surface area contributed by atoms with Crippen molar-refractivity contribution >= 4 is 0 Å². The summed E-state index contributed by atoms with van der Waals surface area (Å²) in [4.78, 5) is 6.79. The predicted molar refractivity (Wildman–Crippen MR) is 78.9 cm³/mol. The summed E-state index contributed by atoms with van der Waals surface area (Å²) in [5, 5.41) is 0. The third kappa shape index (κ3) is 2.88. The topological polar surface area (TPSA) is 16.1 Å². The first kappa shape index (κ1) is 13.3. The number of benzene rings is 1. The molecule has 0 atom stereocenters. The molecular weight excluding hydrogens is 251 g/mol. The molecule has 3 heteroatoms. The molecule has 104 valence electrons. The Bertz CT molecular complexity index is 604. The quantitative estimate of drug-likeness (QED) is 0.843. The minimum Gasteiger partial charge on any atom is -0.299 e. The summed E-state index contributed by atoms with van der Waals surface area (Å²) in [6.45, 7) is 5.11. The molecule has 0 aliphatic carbocycles. The second-order valence-electron chi connectivity index (χ2n) is 5.53. The highest BCUT2D eigenvalue weighted by atomic mass is 19.1. The first-order valence-electron chi connectivity index (χ1n) is 7.15. The van der Waals surface area contributed by atoms with Gasteiger partial charge in [-0.2, -0.15) is 0 Å². The van der Waals surface area contributed by atoms with Crippen molar-refractivity contribution in [2.75, 3.05) is 13.1 Å². The largest absolute Gasteiger partial charge is 0.299 e. The molecule has 0 spiro atoms. The van der Waals surface area contributed by atoms with E-state index in [1.165, 1.54) is 37.6 Å². The van der Waals surface area contributed by atoms with Crippen molar-refractivity contribution in [3.8, 4) is 11.1 Å². The Labute approximate surface area is 119 Å². The summed E-state index contributed by atoms with van der Waals surface area (Å²) >= 11 is 0. The fourth-order valence-electron chi connectivity index (χ4n) is 2.76. The van der Waals surface area contributed by atoms with Crippen LogP contribution in [-0.2, 0) is 6.54 Å². The van der Waals surface area contributed by atoms with Crippen LogP contribution in [0.1, 0.15) is 24.0 Å². The van der Waals surface area contributed by atoms with Crippen LogP contribution < -0.4 is 0 Å². The number of rotatable bonds is 3. The molecule has 1 aromatic heterocycles. The molecule has 0 radical (unpaired) electrons. The first-order chi connectivity index (χ1) is 9.72. The SMILES string of the molecule is Cc1cc(-c2cncc(CN3CCCC3)c2)ccc1F. The third-order valence-electron chi connectivity index (χ3n) is 3.89. The fourth-order valence-corrected chi connectivity index (χ4v) is 2.76. The normalized spacial score (nSPS) is 15.7. The van der Waals surface area contributed by atoms with Crippen molar-refractivity contribution in [3.63, 3.8) is 0 Å². The number of aromatic nitrogens is 1. The lowest BCUT2D eigenvalue weighted by atomic mass is 10.0. The lowest BCUT2D eigenvalue weighted by Crippen LogP contribution is -2.18. The summed E-state index contributed by atoms with van der Waals surface area (Å²) in [6.07, 6.45) is 6.37. The van der Waals surface area contributed by atoms with E-state index in [-0.39, 0.29) is 5.82 Å². The molecule has 0 saturated carbocycles. The van der Waals surface area contributed by atoms with Crippen molar-refractivity contribution in [2.24, 2.45) is 0 Å². The van der Waals surface area contributed by atoms with Crippen LogP contribution in [0.15, 0.2) is 36.7 Å². The zero-order valence-electron chi connectivity index (χ0n) is 11.8. The maximum absolute atomic E-state index is 13.3. The number of hydrogen-bond acceptors (Lipinski definition) is 2. The van der Waals surface area contributed by atoms with E-state index < -0.39 is 0 Å². The van der Waals surface area contributed by atoms with E-state index in [9.17, 15) is 4.39 Å². The zero-order chi connectivity index (χ0) is 13.9. The van der Waals surface area contributed by atoms with Gasteiger partial charge in [0.1, 0.15) is 5.82 Å². The molecule has 2 aromatic rings. The Balaban J connectivity index is 1.84. The Morgan fingerprint density at radius 1 is 1.10 bits per heavy atom. The maximum Gasteiger partial charge on any atom is 0.126 e. The number of pyridine rings is 1. The van der Waals surface area contributed by atoms with Crippen molar-refractivity contribution in [1.82, 2.24) is 9.88 Å². The lowest BCUT2D eigenvalue weighted by molar-refractivity contribution is 0.331. The second kappa shape index (κ2) is 5.71. The molecular formula is C17H19FN2. The van der Waals surface area contributed by atoms with Crippen molar-refractivity contribution in [2.45, 2.75) is 26.3 Å². The fraction of sp³-hybridized carbons (Fsp3) is 0.353. The smallest absolute Gasteiger partial charge is 0.126 e. The Hall–Kier alpha value is -1.74. The van der Waals surface area contributed by atoms with Crippen molar-refractivity contribution < 1.29 is 4.39 Å². The van der Waals surface area contributed by atoms with Crippen molar-refractivity contribution in [3.05, 3.63) is 53.6 Å². The van der Waals surface area contributed by atoms with Crippen molar-refractivity contribution in [1.29, 1.82) is 0 Å². The van der Waals surface area contributed by atoms with E-state index in [1.54, 1.807) is 6.92 Å². The van der Waals surface area contributed by atoms with Gasteiger partial charge in [-0.3, -0.25) is 9.88 Å². The second-order valence-corrected chi connectivity index (χ2v) is 5.53. The Kier molecular flexibility index (Phi) is 3.79. The molecule has 0 unspecified atom stereocenters. The zero-order valence-corrected chi connectivity index (χ0v) is 11.8. The molecule has 0 N–H and O–H groups in total. The monoisotopic (exact) mass is 270 g/mol. The van der Waals surface area contributed by atoms with E-state index in [4.69, 9.17) is 0 Å². The number of likely N-dealkylation sites (tertiary alicyclic amines) is 1. The average molecular weight is 270 g/mol. The number of halogens is 1. The predicted octanol–water partition coefficient (Wildman–Crippen LogP) is 3.79. The van der Waals surface area contributed by atoms with Gasteiger partial charge in [-0.15, -0.1) is 0 Å². The highest BCUT2D eigenvalue weighted by Gasteiger charge is 2.12. The van der Waals surface area contributed by atoms with Crippen LogP contribution in [0, 0.1) is 12.7 Å². The van der Waals surface area contributed by atoms with Crippen LogP contribution in [0.25, 0.3) is 11.1 Å². The van der Waals surface area contributed by atoms with E-state index in [0.29, 0.717) is 5.56 Å². The van der Waals surface area contributed by atoms with E-state index in [2.05, 4.69) is 16.0 Å². The molecule has 1 aliphatic heterocycles. The Morgan fingerprint density at radius 2 is 1.90 bits per heavy atom. The third-order valence-corrected chi connectivity index (χ3v) is 3.89. The maximum atomic E-state index is 13.3. The van der Waals surface area contributed by atoms with Gasteiger partial charge in [-0.05, 0) is 67.7 Å². The lowest BCUT2D eigenvalue weighted by Gasteiger charge is -2.14. The molecule has 2 nitrogen and oxygen atoms in total. The highest BCUT2D eigenvalue weighted by Crippen LogP contribution is 2.23. The first-order valence-corrected chi connectivity index (χ1v) is 7.15. The number of hydrogen-bond donors (Lipinski definition) is 0. The molecule has 3 rings (SSSR count). The summed E-state index contributed by atoms with van der Waals surface area (Å²) < 4.78 is 13.3. The molecule has 2 heterocycles. The Morgan fingerprint density at radius 3 is 2.65 bits per heavy atom. The number of nitrogens with zero attached hydrogens (tertiary/aromatic N) is 2. The molecule has 1 aliphatic rings. The summed E-state index contributed by atoms with van der Waals surface area (Å²) in [7, 11) is 0. The van der Waals surface area contributed by atoms with Gasteiger partial charge in [0.25, 0.3) is 0 Å². The molecule has 1 aromatic carbocycles. The van der Waals surface area contributed by atoms with E-state index >= 15 is 0 Å². The minimum atomic E-state index is -0.157. The van der Waals surface area contributed by atoms with Crippen LogP contribution in [0.2, 0.25) is 0 Å². The van der Waals surface area contributed by atoms with Gasteiger partial charge in [0.05, 0.1) is 0 Å². The number of aryl methyl sites for hydroxylation is 1. The van der Waals surface area contributed by atoms with Gasteiger partial charge >= 0.3 is 0 Å². The van der Waals surface area contributed by atoms with Gasteiger partial charge in [0, 0.05) is 24.5 Å². The van der Waals surface area contributed by atoms with Gasteiger partial charge in [-0.1, -0.05) is 6.07 Å². The van der Waals surface area contributed by atoms with Gasteiger partial charge < -0.3 is 0 Å². The molecule has 1 saturated heterocycles. The van der Waals surface area contributed by atoms with E-state index in [0.717, 1.165) is 17.7 Å². The molecule has 1 fully saturated rings. The molecule has 0 amide bonds. The average Bonchev–Trinajstić information content (AvgIpc) is 2.95. The highest BCUT2D eigenvalue weighted by molar-refractivity contribution is 5.63. The molecule has 0 bridgehead atoms. The summed E-state index contributed by atoms with van der Waals surface area (Å²) in [5.74, 6) is -0.157. The van der Waals surface area contributed by atoms with E-state index in [1.807, 2.05) is 24.5 Å².